The van der Waals surface area contributed by atoms with Gasteiger partial charge in [-0.3, -0.25) is 19.4 Å². The maximum Gasteiger partial charge on any atom is 0.291 e. The van der Waals surface area contributed by atoms with E-state index in [9.17, 15) is 14.4 Å². The van der Waals surface area contributed by atoms with Gasteiger partial charge in [0.15, 0.2) is 17.5 Å². The summed E-state index contributed by atoms with van der Waals surface area (Å²) in [7, 11) is 4.18. The van der Waals surface area contributed by atoms with Crippen LogP contribution >= 0.6 is 11.6 Å². The molecule has 1 N–H and O–H groups in total. The Bertz CT molecular complexity index is 2360. The predicted molar refractivity (Wildman–Crippen MR) is 236 cm³/mol. The van der Waals surface area contributed by atoms with Gasteiger partial charge in [-0.15, -0.1) is 0 Å². The van der Waals surface area contributed by atoms with Crippen molar-refractivity contribution in [3.8, 4) is 33.8 Å². The van der Waals surface area contributed by atoms with Crippen LogP contribution in [0.5, 0.6) is 0 Å². The van der Waals surface area contributed by atoms with Crippen LogP contribution in [0, 0.1) is 17.6 Å². The Kier molecular flexibility index (Phi) is 14.5. The Morgan fingerprint density at radius 1 is 0.934 bits per heavy atom. The van der Waals surface area contributed by atoms with Crippen LogP contribution in [-0.2, 0) is 23.3 Å². The van der Waals surface area contributed by atoms with Crippen LogP contribution in [-0.4, -0.2) is 118 Å². The largest absolute Gasteiger partial charge is 0.360 e. The Hall–Kier alpha value is -5.29. The molecule has 1 fully saturated rings. The van der Waals surface area contributed by atoms with Crippen molar-refractivity contribution in [3.63, 3.8) is 0 Å². The highest BCUT2D eigenvalue weighted by Crippen LogP contribution is 2.37. The van der Waals surface area contributed by atoms with E-state index in [1.807, 2.05) is 32.0 Å². The monoisotopic (exact) mass is 873 g/mol. The van der Waals surface area contributed by atoms with Gasteiger partial charge in [-0.25, -0.2) is 18.4 Å². The number of rotatable bonds is 16. The number of anilines is 1. The standard InChI is InChI=1S/C44H54ClF2N9O4Si/c1-8-29(16-18-52(2)3)43(58)54-19-21-55(22-20-54)44(59)32-13-12-30(25-35(32)45)51-42(57)41-49-27-37(53(41)4)33-15-14-31(38(46)39(33)47)34-26-50-56(28-60-23-24-61(5,6)7)40(34)36-11-9-10-17-48-36/h9-15,17,25-27,29H,8,16,18-24,28H2,1-7H3,(H,51,57). The van der Waals surface area contributed by atoms with Gasteiger partial charge in [0.25, 0.3) is 11.8 Å². The summed E-state index contributed by atoms with van der Waals surface area (Å²) in [4.78, 5) is 54.4. The van der Waals surface area contributed by atoms with E-state index in [2.05, 4.69) is 44.9 Å². The van der Waals surface area contributed by atoms with Crippen LogP contribution in [0.15, 0.2) is 67.1 Å². The molecule has 4 heterocycles. The number of halogens is 3. The van der Waals surface area contributed by atoms with Crippen LogP contribution in [0.25, 0.3) is 33.8 Å². The minimum Gasteiger partial charge on any atom is -0.360 e. The summed E-state index contributed by atoms with van der Waals surface area (Å²) in [5.74, 6) is -3.12. The highest BCUT2D eigenvalue weighted by molar-refractivity contribution is 6.76. The fraction of sp³-hybridized carbons (Fsp3) is 0.409. The highest BCUT2D eigenvalue weighted by atomic mass is 35.5. The molecule has 0 saturated carbocycles. The van der Waals surface area contributed by atoms with Gasteiger partial charge in [-0.1, -0.05) is 50.3 Å². The Labute approximate surface area is 361 Å². The SMILES string of the molecule is CCC(CCN(C)C)C(=O)N1CCN(C(=O)c2ccc(NC(=O)c3ncc(-c4ccc(-c5cnn(COCC[Si](C)(C)C)c5-c5ccccn5)c(F)c4F)n3C)cc2Cl)CC1. The lowest BCUT2D eigenvalue weighted by molar-refractivity contribution is -0.137. The Morgan fingerprint density at radius 3 is 2.30 bits per heavy atom. The van der Waals surface area contributed by atoms with E-state index < -0.39 is 25.6 Å². The third-order valence-electron chi connectivity index (χ3n) is 10.9. The smallest absolute Gasteiger partial charge is 0.291 e. The fourth-order valence-electron chi connectivity index (χ4n) is 7.24. The number of imidazole rings is 1. The van der Waals surface area contributed by atoms with Crippen molar-refractivity contribution in [3.05, 3.63) is 95.2 Å². The number of carbonyl (C=O) groups excluding carboxylic acids is 3. The molecule has 17 heteroatoms. The molecule has 0 radical (unpaired) electrons. The first kappa shape index (κ1) is 45.2. The summed E-state index contributed by atoms with van der Waals surface area (Å²) in [5.41, 5.74) is 1.99. The number of benzene rings is 2. The molecule has 0 bridgehead atoms. The van der Waals surface area contributed by atoms with E-state index in [0.717, 1.165) is 25.4 Å². The molecule has 0 aliphatic carbocycles. The molecule has 2 aromatic carbocycles. The molecular weight excluding hydrogens is 820 g/mol. The van der Waals surface area contributed by atoms with Gasteiger partial charge in [0.2, 0.25) is 5.91 Å². The van der Waals surface area contributed by atoms with Crippen LogP contribution in [0.4, 0.5) is 14.5 Å². The van der Waals surface area contributed by atoms with E-state index in [1.54, 1.807) is 40.0 Å². The average molecular weight is 875 g/mol. The molecule has 1 aliphatic heterocycles. The number of piperazine rings is 1. The Balaban J connectivity index is 1.13. The van der Waals surface area contributed by atoms with Crippen molar-refractivity contribution < 1.29 is 27.9 Å². The average Bonchev–Trinajstić information content (AvgIpc) is 3.83. The molecule has 3 aromatic heterocycles. The quantitative estimate of drug-likeness (QED) is 0.0787. The van der Waals surface area contributed by atoms with Crippen molar-refractivity contribution in [2.75, 3.05) is 58.7 Å². The van der Waals surface area contributed by atoms with Crippen LogP contribution in [0.3, 0.4) is 0 Å². The second kappa shape index (κ2) is 19.6. The van der Waals surface area contributed by atoms with E-state index >= 15 is 8.78 Å². The number of aromatic nitrogens is 5. The van der Waals surface area contributed by atoms with Crippen LogP contribution in [0.2, 0.25) is 30.7 Å². The van der Waals surface area contributed by atoms with E-state index in [-0.39, 0.29) is 57.7 Å². The first-order valence-corrected chi connectivity index (χ1v) is 24.6. The number of hydrogen-bond donors (Lipinski definition) is 1. The number of pyridine rings is 1. The zero-order valence-corrected chi connectivity index (χ0v) is 37.6. The molecule has 5 aromatic rings. The van der Waals surface area contributed by atoms with Crippen molar-refractivity contribution in [2.24, 2.45) is 13.0 Å². The topological polar surface area (TPSA) is 131 Å². The lowest BCUT2D eigenvalue weighted by Gasteiger charge is -2.36. The van der Waals surface area contributed by atoms with Crippen molar-refractivity contribution in [1.82, 2.24) is 39.0 Å². The molecule has 1 aliphatic rings. The van der Waals surface area contributed by atoms with E-state index in [4.69, 9.17) is 16.3 Å². The summed E-state index contributed by atoms with van der Waals surface area (Å²) < 4.78 is 41.1. The normalized spacial score (nSPS) is 13.8. The van der Waals surface area contributed by atoms with Crippen LogP contribution in [0.1, 0.15) is 40.7 Å². The third-order valence-corrected chi connectivity index (χ3v) is 12.9. The third kappa shape index (κ3) is 10.6. The zero-order valence-electron chi connectivity index (χ0n) is 35.8. The molecule has 3 amide bonds. The molecule has 13 nitrogen and oxygen atoms in total. The summed E-state index contributed by atoms with van der Waals surface area (Å²) in [6.45, 7) is 11.9. The van der Waals surface area contributed by atoms with Gasteiger partial charge in [-0.05, 0) is 75.9 Å². The lowest BCUT2D eigenvalue weighted by atomic mass is 10.00. The van der Waals surface area contributed by atoms with Crippen molar-refractivity contribution in [2.45, 2.75) is 52.2 Å². The molecule has 6 rings (SSSR count). The summed E-state index contributed by atoms with van der Waals surface area (Å²) in [5, 5.41) is 7.34. The van der Waals surface area contributed by atoms with Crippen molar-refractivity contribution in [1.29, 1.82) is 0 Å². The minimum atomic E-state index is -1.33. The number of carbonyl (C=O) groups is 3. The Morgan fingerprint density at radius 2 is 1.64 bits per heavy atom. The number of nitrogens with one attached hydrogen (secondary N) is 1. The maximum atomic E-state index is 16.1. The van der Waals surface area contributed by atoms with Crippen LogP contribution < -0.4 is 5.32 Å². The molecule has 61 heavy (non-hydrogen) atoms. The number of amides is 3. The zero-order chi connectivity index (χ0) is 44.0. The first-order chi connectivity index (χ1) is 29.1. The van der Waals surface area contributed by atoms with E-state index in [1.165, 1.54) is 42.2 Å². The van der Waals surface area contributed by atoms with Gasteiger partial charge in [0, 0.05) is 82.4 Å². The first-order valence-electron chi connectivity index (χ1n) is 20.5. The maximum absolute atomic E-state index is 16.1. The minimum absolute atomic E-state index is 0.0113. The molecular formula is C44H54ClF2N9O4Si. The highest BCUT2D eigenvalue weighted by Gasteiger charge is 2.30. The molecule has 1 atom stereocenters. The van der Waals surface area contributed by atoms with Gasteiger partial charge in [0.05, 0.1) is 40.1 Å². The number of hydrogen-bond acceptors (Lipinski definition) is 8. The number of nitrogens with zero attached hydrogens (tertiary/aromatic N) is 8. The summed E-state index contributed by atoms with van der Waals surface area (Å²) in [6.07, 6.45) is 5.94. The van der Waals surface area contributed by atoms with Crippen molar-refractivity contribution >= 4 is 43.1 Å². The summed E-state index contributed by atoms with van der Waals surface area (Å²) in [6, 6.07) is 13.8. The fourth-order valence-corrected chi connectivity index (χ4v) is 8.25. The molecule has 324 valence electrons. The molecule has 1 unspecified atom stereocenters. The van der Waals surface area contributed by atoms with Gasteiger partial charge in [0.1, 0.15) is 6.73 Å². The second-order valence-corrected chi connectivity index (χ2v) is 22.8. The second-order valence-electron chi connectivity index (χ2n) is 16.7. The molecule has 0 spiro atoms. The lowest BCUT2D eigenvalue weighted by Crippen LogP contribution is -2.52. The van der Waals surface area contributed by atoms with E-state index in [0.29, 0.717) is 55.4 Å². The predicted octanol–water partition coefficient (Wildman–Crippen LogP) is 7.77. The van der Waals surface area contributed by atoms with Gasteiger partial charge >= 0.3 is 0 Å². The summed E-state index contributed by atoms with van der Waals surface area (Å²) >= 11 is 6.59. The van der Waals surface area contributed by atoms with Gasteiger partial charge in [-0.2, -0.15) is 5.10 Å². The molecule has 1 saturated heterocycles. The van der Waals surface area contributed by atoms with Gasteiger partial charge < -0.3 is 29.3 Å². The number of ether oxygens (including phenoxy) is 1.